The van der Waals surface area contributed by atoms with E-state index in [0.717, 1.165) is 46.8 Å². The summed E-state index contributed by atoms with van der Waals surface area (Å²) in [6.07, 6.45) is 5.60. The number of nitrogens with one attached hydrogen (secondary N) is 1. The van der Waals surface area contributed by atoms with Crippen LogP contribution in [0.3, 0.4) is 0 Å². The van der Waals surface area contributed by atoms with Crippen LogP contribution in [-0.4, -0.2) is 35.4 Å². The van der Waals surface area contributed by atoms with Crippen molar-refractivity contribution in [3.05, 3.63) is 97.4 Å². The first kappa shape index (κ1) is 30.4. The lowest BCUT2D eigenvalue weighted by atomic mass is 9.94. The molecule has 0 bridgehead atoms. The molecule has 1 aliphatic rings. The zero-order valence-corrected chi connectivity index (χ0v) is 26.0. The van der Waals surface area contributed by atoms with Gasteiger partial charge in [-0.15, -0.1) is 0 Å². The van der Waals surface area contributed by atoms with Crippen LogP contribution in [0.5, 0.6) is 5.75 Å². The Balaban J connectivity index is 1.66. The molecule has 3 aromatic carbocycles. The van der Waals surface area contributed by atoms with E-state index in [1.54, 1.807) is 23.1 Å². The number of benzene rings is 3. The minimum Gasteiger partial charge on any atom is -0.484 e. The standard InChI is InChI=1S/C32H35BrCl2N2O3/c1-21-16-25(17-22(2)31(21)33)40-20-30(38)37(19-26-27(34)14-9-15-28(26)35)29(18-23-10-5-3-6-11-23)32(39)36-24-12-7-4-8-13-24/h3,5-6,9-11,14-17,24,29H,4,7-8,12-13,18-20H2,1-2H3,(H,36,39). The Labute approximate surface area is 255 Å². The largest absolute Gasteiger partial charge is 0.484 e. The van der Waals surface area contributed by atoms with Gasteiger partial charge in [-0.25, -0.2) is 0 Å². The molecule has 1 saturated carbocycles. The first-order valence-corrected chi connectivity index (χ1v) is 15.2. The molecule has 3 aromatic rings. The summed E-state index contributed by atoms with van der Waals surface area (Å²) in [6.45, 7) is 3.80. The van der Waals surface area contributed by atoms with E-state index in [9.17, 15) is 9.59 Å². The number of hydrogen-bond acceptors (Lipinski definition) is 3. The maximum absolute atomic E-state index is 13.9. The molecule has 0 aromatic heterocycles. The summed E-state index contributed by atoms with van der Waals surface area (Å²) in [4.78, 5) is 29.4. The molecule has 1 atom stereocenters. The Bertz CT molecular complexity index is 1290. The van der Waals surface area contributed by atoms with Crippen LogP contribution in [0.2, 0.25) is 10.0 Å². The average Bonchev–Trinajstić information content (AvgIpc) is 2.94. The van der Waals surface area contributed by atoms with Crippen LogP contribution in [0.4, 0.5) is 0 Å². The third-order valence-corrected chi connectivity index (χ3v) is 9.34. The van der Waals surface area contributed by atoms with Crippen LogP contribution in [0, 0.1) is 13.8 Å². The van der Waals surface area contributed by atoms with Crippen molar-refractivity contribution < 1.29 is 14.3 Å². The molecule has 5 nitrogen and oxygen atoms in total. The minimum absolute atomic E-state index is 0.0781. The van der Waals surface area contributed by atoms with Crippen molar-refractivity contribution in [3.63, 3.8) is 0 Å². The second-order valence-corrected chi connectivity index (χ2v) is 12.0. The van der Waals surface area contributed by atoms with Crippen molar-refractivity contribution in [3.8, 4) is 5.75 Å². The third kappa shape index (κ3) is 8.02. The lowest BCUT2D eigenvalue weighted by molar-refractivity contribution is -0.143. The highest BCUT2D eigenvalue weighted by Crippen LogP contribution is 2.29. The van der Waals surface area contributed by atoms with Crippen molar-refractivity contribution in [1.82, 2.24) is 10.2 Å². The fourth-order valence-electron chi connectivity index (χ4n) is 5.17. The summed E-state index contributed by atoms with van der Waals surface area (Å²) in [7, 11) is 0. The van der Waals surface area contributed by atoms with Gasteiger partial charge in [0.05, 0.1) is 0 Å². The smallest absolute Gasteiger partial charge is 0.261 e. The molecule has 0 radical (unpaired) electrons. The number of halogens is 3. The number of aryl methyl sites for hydroxylation is 2. The van der Waals surface area contributed by atoms with E-state index in [1.165, 1.54) is 6.42 Å². The van der Waals surface area contributed by atoms with Gasteiger partial charge >= 0.3 is 0 Å². The van der Waals surface area contributed by atoms with E-state index in [4.69, 9.17) is 27.9 Å². The number of carbonyl (C=O) groups excluding carboxylic acids is 2. The molecule has 1 fully saturated rings. The monoisotopic (exact) mass is 644 g/mol. The molecule has 8 heteroatoms. The topological polar surface area (TPSA) is 58.6 Å². The zero-order valence-electron chi connectivity index (χ0n) is 22.9. The molecule has 0 saturated heterocycles. The maximum Gasteiger partial charge on any atom is 0.261 e. The van der Waals surface area contributed by atoms with Crippen LogP contribution in [0.25, 0.3) is 0 Å². The second kappa shape index (κ2) is 14.4. The van der Waals surface area contributed by atoms with Crippen LogP contribution in [-0.2, 0) is 22.6 Å². The van der Waals surface area contributed by atoms with Crippen molar-refractivity contribution in [1.29, 1.82) is 0 Å². The zero-order chi connectivity index (χ0) is 28.6. The normalized spacial score (nSPS) is 14.4. The summed E-state index contributed by atoms with van der Waals surface area (Å²) in [6, 6.07) is 18.1. The molecule has 212 valence electrons. The molecule has 0 heterocycles. The molecule has 4 rings (SSSR count). The van der Waals surface area contributed by atoms with Gasteiger partial charge in [0, 0.05) is 39.1 Å². The molecule has 0 spiro atoms. The number of hydrogen-bond donors (Lipinski definition) is 1. The quantitative estimate of drug-likeness (QED) is 0.244. The van der Waals surface area contributed by atoms with Crippen LogP contribution >= 0.6 is 39.1 Å². The van der Waals surface area contributed by atoms with Crippen molar-refractivity contribution >= 4 is 50.9 Å². The first-order chi connectivity index (χ1) is 19.2. The number of amides is 2. The van der Waals surface area contributed by atoms with Crippen molar-refractivity contribution in [2.45, 2.75) is 71.0 Å². The number of carbonyl (C=O) groups is 2. The van der Waals surface area contributed by atoms with E-state index in [2.05, 4.69) is 21.2 Å². The third-order valence-electron chi connectivity index (χ3n) is 7.39. The van der Waals surface area contributed by atoms with Crippen molar-refractivity contribution in [2.75, 3.05) is 6.61 Å². The molecular weight excluding hydrogens is 611 g/mol. The van der Waals surface area contributed by atoms with Crippen LogP contribution < -0.4 is 10.1 Å². The molecule has 2 amide bonds. The Morgan fingerprint density at radius 1 is 0.975 bits per heavy atom. The Hall–Kier alpha value is -2.54. The minimum atomic E-state index is -0.777. The molecule has 1 N–H and O–H groups in total. The highest BCUT2D eigenvalue weighted by Gasteiger charge is 2.33. The average molecular weight is 646 g/mol. The van der Waals surface area contributed by atoms with Crippen LogP contribution in [0.15, 0.2) is 65.1 Å². The molecule has 40 heavy (non-hydrogen) atoms. The number of nitrogens with zero attached hydrogens (tertiary/aromatic N) is 1. The fourth-order valence-corrected chi connectivity index (χ4v) is 5.92. The Morgan fingerprint density at radius 3 is 2.23 bits per heavy atom. The van der Waals surface area contributed by atoms with E-state index in [1.807, 2.05) is 56.3 Å². The summed E-state index contributed by atoms with van der Waals surface area (Å²) in [5.74, 6) is 0.0880. The molecule has 1 aliphatic carbocycles. The van der Waals surface area contributed by atoms with Gasteiger partial charge in [-0.05, 0) is 67.6 Å². The highest BCUT2D eigenvalue weighted by atomic mass is 79.9. The number of rotatable bonds is 10. The predicted molar refractivity (Wildman–Crippen MR) is 165 cm³/mol. The summed E-state index contributed by atoms with van der Waals surface area (Å²) in [5.41, 5.74) is 3.57. The Morgan fingerprint density at radius 2 is 1.60 bits per heavy atom. The fraction of sp³-hybridized carbons (Fsp3) is 0.375. The lowest BCUT2D eigenvalue weighted by Gasteiger charge is -2.33. The highest BCUT2D eigenvalue weighted by molar-refractivity contribution is 9.10. The molecular formula is C32H35BrCl2N2O3. The number of ether oxygens (including phenoxy) is 1. The lowest BCUT2D eigenvalue weighted by Crippen LogP contribution is -2.53. The molecule has 0 aliphatic heterocycles. The van der Waals surface area contributed by atoms with Gasteiger partial charge in [-0.3, -0.25) is 9.59 Å². The first-order valence-electron chi connectivity index (χ1n) is 13.7. The van der Waals surface area contributed by atoms with Gasteiger partial charge in [0.15, 0.2) is 6.61 Å². The van der Waals surface area contributed by atoms with Gasteiger partial charge in [-0.2, -0.15) is 0 Å². The summed E-state index contributed by atoms with van der Waals surface area (Å²) in [5, 5.41) is 4.12. The van der Waals surface area contributed by atoms with Gasteiger partial charge in [0.25, 0.3) is 5.91 Å². The SMILES string of the molecule is Cc1cc(OCC(=O)N(Cc2c(Cl)cccc2Cl)C(Cc2ccccc2)C(=O)NC2CCCCC2)cc(C)c1Br. The van der Waals surface area contributed by atoms with Gasteiger partial charge in [-0.1, -0.05) is 94.8 Å². The van der Waals surface area contributed by atoms with Gasteiger partial charge < -0.3 is 15.0 Å². The van der Waals surface area contributed by atoms with Gasteiger partial charge in [0.2, 0.25) is 5.91 Å². The van der Waals surface area contributed by atoms with Crippen molar-refractivity contribution in [2.24, 2.45) is 0 Å². The van der Waals surface area contributed by atoms with Crippen LogP contribution in [0.1, 0.15) is 54.4 Å². The predicted octanol–water partition coefficient (Wildman–Crippen LogP) is 7.84. The second-order valence-electron chi connectivity index (χ2n) is 10.4. The Kier molecular flexibility index (Phi) is 10.9. The van der Waals surface area contributed by atoms with E-state index in [0.29, 0.717) is 27.8 Å². The van der Waals surface area contributed by atoms with Gasteiger partial charge in [0.1, 0.15) is 11.8 Å². The summed E-state index contributed by atoms with van der Waals surface area (Å²) >= 11 is 16.7. The molecule has 1 unspecified atom stereocenters. The maximum atomic E-state index is 13.9. The van der Waals surface area contributed by atoms with E-state index < -0.39 is 6.04 Å². The summed E-state index contributed by atoms with van der Waals surface area (Å²) < 4.78 is 6.99. The van der Waals surface area contributed by atoms with E-state index in [-0.39, 0.29) is 31.0 Å². The van der Waals surface area contributed by atoms with E-state index >= 15 is 0 Å².